The average molecular weight is 701 g/mol. The number of carbonyl (C=O) groups excluding carboxylic acids is 5. The third kappa shape index (κ3) is 8.42. The molecule has 12 heteroatoms. The van der Waals surface area contributed by atoms with Crippen molar-refractivity contribution in [3.63, 3.8) is 0 Å². The normalized spacial score (nSPS) is 23.6. The molecule has 0 unspecified atom stereocenters. The third-order valence-corrected chi connectivity index (χ3v) is 11.0. The van der Waals surface area contributed by atoms with Gasteiger partial charge < -0.3 is 25.7 Å². The van der Waals surface area contributed by atoms with E-state index in [2.05, 4.69) is 26.1 Å². The minimum absolute atomic E-state index is 0.0525. The Morgan fingerprint density at radius 3 is 2.37 bits per heavy atom. The van der Waals surface area contributed by atoms with Gasteiger partial charge in [0.15, 0.2) is 5.60 Å². The van der Waals surface area contributed by atoms with Gasteiger partial charge in [-0.1, -0.05) is 88.7 Å². The number of benzene rings is 1. The zero-order chi connectivity index (χ0) is 36.3. The number of likely N-dealkylation sites (N-methyl/N-ethyl adjacent to an activating group) is 1. The average Bonchev–Trinajstić information content (AvgIpc) is 3.80. The van der Waals surface area contributed by atoms with E-state index in [0.29, 0.717) is 25.0 Å². The number of Topliss-reactive ketones (excluding diaryl/α,β-unsaturated/α-hetero) is 1. The highest BCUT2D eigenvalue weighted by Crippen LogP contribution is 2.41. The van der Waals surface area contributed by atoms with Crippen molar-refractivity contribution >= 4 is 46.0 Å². The van der Waals surface area contributed by atoms with Gasteiger partial charge in [0.05, 0.1) is 23.8 Å². The van der Waals surface area contributed by atoms with E-state index in [1.165, 1.54) is 24.8 Å². The van der Waals surface area contributed by atoms with Crippen molar-refractivity contribution in [3.05, 3.63) is 42.1 Å². The van der Waals surface area contributed by atoms with E-state index in [4.69, 9.17) is 4.84 Å². The monoisotopic (exact) mass is 700 g/mol. The second kappa shape index (κ2) is 15.1. The lowest BCUT2D eigenvalue weighted by Gasteiger charge is -2.36. The van der Waals surface area contributed by atoms with E-state index in [9.17, 15) is 24.0 Å². The molecule has 6 rings (SSSR count). The highest BCUT2D eigenvalue weighted by atomic mass is 16.7. The van der Waals surface area contributed by atoms with Crippen molar-refractivity contribution in [2.75, 3.05) is 13.6 Å². The maximum absolute atomic E-state index is 14.7. The molecule has 4 atom stereocenters. The van der Waals surface area contributed by atoms with Crippen LogP contribution in [-0.2, 0) is 28.8 Å². The zero-order valence-corrected chi connectivity index (χ0v) is 30.3. The van der Waals surface area contributed by atoms with Gasteiger partial charge in [0, 0.05) is 43.5 Å². The fourth-order valence-corrected chi connectivity index (χ4v) is 7.94. The second-order valence-corrected chi connectivity index (χ2v) is 16.2. The third-order valence-electron chi connectivity index (χ3n) is 11.0. The number of rotatable bonds is 11. The van der Waals surface area contributed by atoms with Crippen molar-refractivity contribution in [1.82, 2.24) is 25.8 Å². The number of likely N-dealkylation sites (tertiary alicyclic amines) is 1. The molecule has 4 aliphatic rings. The molecule has 3 fully saturated rings. The topological polar surface area (TPSA) is 159 Å². The van der Waals surface area contributed by atoms with Crippen LogP contribution in [0.3, 0.4) is 0 Å². The molecule has 0 radical (unpaired) electrons. The van der Waals surface area contributed by atoms with Crippen molar-refractivity contribution < 1.29 is 28.8 Å². The predicted molar refractivity (Wildman–Crippen MR) is 192 cm³/mol. The van der Waals surface area contributed by atoms with Crippen LogP contribution in [0.5, 0.6) is 0 Å². The number of amides is 4. The first-order valence-electron chi connectivity index (χ1n) is 18.6. The molecular formula is C39H52N6O6. The highest BCUT2D eigenvalue weighted by molar-refractivity contribution is 6.38. The fraction of sp³-hybridized carbons (Fsp3) is 0.615. The SMILES string of the molecule is CNC(=O)C(=O)[C@H](CC1CC1)NC(=O)[C@@H]1C[C@]2(CC(c3cccc4cccnc34)=NO2)CN1C(=O)[C@@H](NC(=O)CC1CCCCCC1)C(C)(C)C. The molecule has 4 amide bonds. The summed E-state index contributed by atoms with van der Waals surface area (Å²) < 4.78 is 0. The summed E-state index contributed by atoms with van der Waals surface area (Å²) in [6.45, 7) is 5.75. The Hall–Kier alpha value is -4.35. The first-order chi connectivity index (χ1) is 24.4. The summed E-state index contributed by atoms with van der Waals surface area (Å²) >= 11 is 0. The smallest absolute Gasteiger partial charge is 0.289 e. The molecule has 3 heterocycles. The number of hydrogen-bond donors (Lipinski definition) is 3. The highest BCUT2D eigenvalue weighted by Gasteiger charge is 2.56. The molecule has 1 aromatic carbocycles. The lowest BCUT2D eigenvalue weighted by Crippen LogP contribution is -2.59. The van der Waals surface area contributed by atoms with Gasteiger partial charge in [-0.15, -0.1) is 0 Å². The maximum atomic E-state index is 14.7. The van der Waals surface area contributed by atoms with Gasteiger partial charge in [-0.05, 0) is 42.6 Å². The number of aromatic nitrogens is 1. The molecule has 2 aromatic rings. The molecule has 51 heavy (non-hydrogen) atoms. The lowest BCUT2D eigenvalue weighted by molar-refractivity contribution is -0.145. The Kier molecular flexibility index (Phi) is 10.8. The Morgan fingerprint density at radius 1 is 0.961 bits per heavy atom. The Balaban J connectivity index is 1.27. The molecule has 2 aliphatic heterocycles. The zero-order valence-electron chi connectivity index (χ0n) is 30.3. The van der Waals surface area contributed by atoms with Crippen molar-refractivity contribution in [2.45, 2.75) is 122 Å². The molecule has 2 saturated carbocycles. The molecular weight excluding hydrogens is 648 g/mol. The molecule has 1 aromatic heterocycles. The van der Waals surface area contributed by atoms with Crippen LogP contribution in [0.2, 0.25) is 0 Å². The Labute approximate surface area is 299 Å². The first-order valence-corrected chi connectivity index (χ1v) is 18.6. The summed E-state index contributed by atoms with van der Waals surface area (Å²) in [5.41, 5.74) is 0.559. The number of nitrogens with one attached hydrogen (secondary N) is 3. The minimum atomic E-state index is -1.03. The maximum Gasteiger partial charge on any atom is 0.289 e. The lowest BCUT2D eigenvalue weighted by atomic mass is 9.85. The number of para-hydroxylation sites is 1. The van der Waals surface area contributed by atoms with Crippen LogP contribution in [0.1, 0.15) is 103 Å². The summed E-state index contributed by atoms with van der Waals surface area (Å²) in [7, 11) is 1.38. The number of oxime groups is 1. The van der Waals surface area contributed by atoms with E-state index < -0.39 is 52.6 Å². The molecule has 274 valence electrons. The summed E-state index contributed by atoms with van der Waals surface area (Å²) in [6, 6.07) is 6.73. The summed E-state index contributed by atoms with van der Waals surface area (Å²) in [5.74, 6) is -2.07. The van der Waals surface area contributed by atoms with Crippen LogP contribution in [-0.4, -0.2) is 82.3 Å². The number of pyridine rings is 1. The van der Waals surface area contributed by atoms with Gasteiger partial charge in [-0.25, -0.2) is 0 Å². The predicted octanol–water partition coefficient (Wildman–Crippen LogP) is 4.19. The quantitative estimate of drug-likeness (QED) is 0.234. The van der Waals surface area contributed by atoms with Crippen LogP contribution >= 0.6 is 0 Å². The van der Waals surface area contributed by atoms with Crippen molar-refractivity contribution in [3.8, 4) is 0 Å². The summed E-state index contributed by atoms with van der Waals surface area (Å²) in [6.07, 6.45) is 11.3. The Morgan fingerprint density at radius 2 is 1.69 bits per heavy atom. The van der Waals surface area contributed by atoms with E-state index >= 15 is 0 Å². The molecule has 12 nitrogen and oxygen atoms in total. The van der Waals surface area contributed by atoms with Gasteiger partial charge in [0.1, 0.15) is 12.1 Å². The van der Waals surface area contributed by atoms with E-state index in [0.717, 1.165) is 55.0 Å². The van der Waals surface area contributed by atoms with Crippen molar-refractivity contribution in [1.29, 1.82) is 0 Å². The van der Waals surface area contributed by atoms with Crippen LogP contribution in [0.4, 0.5) is 0 Å². The Bertz CT molecular complexity index is 1680. The molecule has 1 saturated heterocycles. The van der Waals surface area contributed by atoms with Crippen molar-refractivity contribution in [2.24, 2.45) is 22.4 Å². The minimum Gasteiger partial charge on any atom is -0.387 e. The number of fused-ring (bicyclic) bond motifs is 1. The molecule has 1 spiro atoms. The summed E-state index contributed by atoms with van der Waals surface area (Å²) in [4.78, 5) is 80.3. The van der Waals surface area contributed by atoms with Crippen LogP contribution < -0.4 is 16.0 Å². The van der Waals surface area contributed by atoms with Crippen LogP contribution in [0.25, 0.3) is 10.9 Å². The largest absolute Gasteiger partial charge is 0.387 e. The number of nitrogens with zero attached hydrogens (tertiary/aromatic N) is 3. The van der Waals surface area contributed by atoms with Gasteiger partial charge in [-0.2, -0.15) is 0 Å². The second-order valence-electron chi connectivity index (χ2n) is 16.2. The molecule has 0 bridgehead atoms. The van der Waals surface area contributed by atoms with Crippen LogP contribution in [0.15, 0.2) is 41.7 Å². The van der Waals surface area contributed by atoms with E-state index in [-0.39, 0.29) is 30.7 Å². The van der Waals surface area contributed by atoms with Gasteiger partial charge in [-0.3, -0.25) is 29.0 Å². The fourth-order valence-electron chi connectivity index (χ4n) is 7.94. The molecule has 2 aliphatic carbocycles. The van der Waals surface area contributed by atoms with Gasteiger partial charge in [0.2, 0.25) is 23.5 Å². The standard InChI is InChI=1S/C39H52N6O6/c1-38(2,3)34(43-31(46)20-24-11-7-5-6-8-12-24)37(50)45-23-39(21-29(44-51-39)27-15-9-13-26-14-10-18-41-32(26)27)22-30(45)35(48)42-28(19-25-16-17-25)33(47)36(49)40-4/h9-10,13-15,18,24-25,28,30,34H,5-8,11-12,16-17,19-23H2,1-4H3,(H,40,49)(H,42,48)(H,43,46)/t28-,30-,34+,39+/m0/s1. The van der Waals surface area contributed by atoms with Crippen LogP contribution in [0, 0.1) is 17.3 Å². The number of carbonyl (C=O) groups is 5. The number of ketones is 1. The first kappa shape index (κ1) is 36.4. The number of hydrogen-bond acceptors (Lipinski definition) is 8. The van der Waals surface area contributed by atoms with Gasteiger partial charge >= 0.3 is 0 Å². The van der Waals surface area contributed by atoms with E-state index in [1.807, 2.05) is 51.1 Å². The van der Waals surface area contributed by atoms with E-state index in [1.54, 1.807) is 6.20 Å². The summed E-state index contributed by atoms with van der Waals surface area (Å²) in [5, 5.41) is 13.7. The van der Waals surface area contributed by atoms with Gasteiger partial charge in [0.25, 0.3) is 5.91 Å². The molecule has 3 N–H and O–H groups in total.